The van der Waals surface area contributed by atoms with Gasteiger partial charge >= 0.3 is 0 Å². The lowest BCUT2D eigenvalue weighted by Crippen LogP contribution is -2.62. The molecule has 440 valence electrons. The third-order valence-corrected chi connectivity index (χ3v) is 15.8. The summed E-state index contributed by atoms with van der Waals surface area (Å²) in [5, 5.41) is 63.6. The van der Waals surface area contributed by atoms with Gasteiger partial charge in [-0.15, -0.1) is 0 Å². The number of nitrogens with zero attached hydrogens (tertiary/aromatic N) is 1. The molecule has 5 aromatic rings. The van der Waals surface area contributed by atoms with Crippen LogP contribution in [-0.4, -0.2) is 163 Å². The van der Waals surface area contributed by atoms with Gasteiger partial charge in [0.15, 0.2) is 0 Å². The normalized spacial score (nSPS) is 21.2. The third-order valence-electron chi connectivity index (χ3n) is 13.4. The number of phenols is 1. The number of unbranched alkanes of at least 4 members (excludes halogenated alkanes) is 1. The molecule has 0 radical (unpaired) electrons. The Morgan fingerprint density at radius 3 is 2.05 bits per heavy atom. The summed E-state index contributed by atoms with van der Waals surface area (Å²) in [6, 6.07) is 13.1. The number of pyridine rings is 1. The largest absolute Gasteiger partial charge is 0.508 e. The molecule has 82 heavy (non-hydrogen) atoms. The van der Waals surface area contributed by atoms with Gasteiger partial charge in [-0.05, 0) is 86.7 Å². The Kier molecular flexibility index (Phi) is 24.3. The average Bonchev–Trinajstić information content (AvgIpc) is 4.12. The Labute approximate surface area is 480 Å². The second-order valence-corrected chi connectivity index (χ2v) is 22.2. The Morgan fingerprint density at radius 1 is 0.732 bits per heavy atom. The first-order valence-electron chi connectivity index (χ1n) is 26.5. The van der Waals surface area contributed by atoms with Crippen molar-refractivity contribution >= 4 is 85.6 Å². The van der Waals surface area contributed by atoms with E-state index in [1.165, 1.54) is 56.4 Å². The first-order chi connectivity index (χ1) is 39.4. The molecule has 25 nitrogen and oxygen atoms in total. The molecule has 3 heterocycles. The van der Waals surface area contributed by atoms with Gasteiger partial charge in [-0.2, -0.15) is 0 Å². The third kappa shape index (κ3) is 18.6. The van der Waals surface area contributed by atoms with Gasteiger partial charge in [0, 0.05) is 54.1 Å². The van der Waals surface area contributed by atoms with Crippen LogP contribution in [0.2, 0.25) is 0 Å². The number of amides is 8. The van der Waals surface area contributed by atoms with Crippen molar-refractivity contribution in [1.82, 2.24) is 52.5 Å². The number of aromatic amines is 1. The van der Waals surface area contributed by atoms with Crippen LogP contribution >= 0.6 is 21.6 Å². The molecule has 2 aromatic heterocycles. The van der Waals surface area contributed by atoms with Crippen LogP contribution in [0.5, 0.6) is 5.75 Å². The number of aromatic hydroxyl groups is 1. The standard InChI is InChI=1S/C55H71N13O12S2/c1-30(70)43(27-69)64-54(79)45-29-82-81-28-44(65-51(76)40(22-32-10-4-3-5-11-32)61-48(73)34-17-20-46(68-57)59-25-34)53(78)62-41(23-33-15-18-36(72)19-16-33)50(75)63-42(24-35-26-58-38-13-7-6-12-37(35)38)52(77)60-39(14-8-9-21-56)49(74)67-47(31(2)71)55(80)66-45/h3-7,10-13,15-20,25-26,30-31,39-45,47,58,69-72H,8-9,14,21-24,27-29,56-57H2,1-2H3,(H,59,68)(H,60,77)(H,61,73)(H,62,78)(H,63,75)(H,64,79)(H,65,76)(H,66,80)(H,67,74). The number of aromatic nitrogens is 2. The number of H-pyrrole nitrogens is 1. The summed E-state index contributed by atoms with van der Waals surface area (Å²) < 4.78 is 0. The topological polar surface area (TPSA) is 406 Å². The number of carbonyl (C=O) groups excluding carboxylic acids is 8. The maximum Gasteiger partial charge on any atom is 0.253 e. The van der Waals surface area contributed by atoms with E-state index in [4.69, 9.17) is 11.6 Å². The zero-order valence-corrected chi connectivity index (χ0v) is 46.8. The Morgan fingerprint density at radius 2 is 1.39 bits per heavy atom. The molecule has 0 bridgehead atoms. The van der Waals surface area contributed by atoms with Crippen LogP contribution < -0.4 is 59.5 Å². The highest BCUT2D eigenvalue weighted by Gasteiger charge is 2.37. The number of rotatable bonds is 20. The zero-order chi connectivity index (χ0) is 59.3. The van der Waals surface area contributed by atoms with E-state index in [0.717, 1.165) is 27.1 Å². The molecule has 6 rings (SSSR count). The molecule has 0 aliphatic carbocycles. The molecule has 1 aliphatic rings. The molecular weight excluding hydrogens is 1100 g/mol. The van der Waals surface area contributed by atoms with Crippen LogP contribution in [0.25, 0.3) is 10.9 Å². The predicted octanol–water partition coefficient (Wildman–Crippen LogP) is -0.948. The van der Waals surface area contributed by atoms with Gasteiger partial charge in [-0.1, -0.05) is 82.3 Å². The summed E-state index contributed by atoms with van der Waals surface area (Å²) in [7, 11) is 1.91. The van der Waals surface area contributed by atoms with Crippen LogP contribution in [0.1, 0.15) is 60.2 Å². The van der Waals surface area contributed by atoms with E-state index in [9.17, 15) is 58.8 Å². The molecule has 27 heteroatoms. The van der Waals surface area contributed by atoms with Crippen molar-refractivity contribution in [1.29, 1.82) is 0 Å². The van der Waals surface area contributed by atoms with Crippen molar-refractivity contribution in [3.63, 3.8) is 0 Å². The van der Waals surface area contributed by atoms with Gasteiger partial charge in [0.05, 0.1) is 30.4 Å². The minimum atomic E-state index is -1.72. The van der Waals surface area contributed by atoms with Gasteiger partial charge in [0.25, 0.3) is 5.91 Å². The fourth-order valence-corrected chi connectivity index (χ4v) is 11.0. The van der Waals surface area contributed by atoms with E-state index < -0.39 is 114 Å². The van der Waals surface area contributed by atoms with Crippen LogP contribution in [0.15, 0.2) is 103 Å². The highest BCUT2D eigenvalue weighted by Crippen LogP contribution is 2.25. The number of nitrogens with one attached hydrogen (secondary N) is 10. The van der Waals surface area contributed by atoms with Crippen LogP contribution in [0.4, 0.5) is 5.82 Å². The number of aliphatic hydroxyl groups is 3. The average molecular weight is 1170 g/mol. The molecule has 1 saturated heterocycles. The number of anilines is 1. The summed E-state index contributed by atoms with van der Waals surface area (Å²) >= 11 is 0. The monoisotopic (exact) mass is 1170 g/mol. The molecular formula is C55H71N13O12S2. The van der Waals surface area contributed by atoms with E-state index in [0.29, 0.717) is 34.9 Å². The first kappa shape index (κ1) is 63.4. The molecule has 0 saturated carbocycles. The van der Waals surface area contributed by atoms with Gasteiger partial charge in [-0.3, -0.25) is 38.4 Å². The summed E-state index contributed by atoms with van der Waals surface area (Å²) in [6.45, 7) is 2.09. The Balaban J connectivity index is 1.43. The van der Waals surface area contributed by atoms with E-state index in [1.54, 1.807) is 42.6 Å². The molecule has 0 spiro atoms. The number of phenolic OH excluding ortho intramolecular Hbond substituents is 1. The maximum atomic E-state index is 15.0. The number of hydrogen-bond donors (Lipinski definition) is 16. The number of nitrogen functional groups attached to an aromatic ring is 1. The number of benzene rings is 3. The SMILES string of the molecule is CC(O)C(CO)NC(=O)C1CSSCC(NC(=O)C(Cc2ccccc2)NC(=O)c2ccc(NN)nc2)C(=O)NC(Cc2ccc(O)cc2)C(=O)NC(Cc2c[nH]c3ccccc23)C(=O)NC(CCCCN)C(=O)NC(C(C)O)C(=O)N1. The van der Waals surface area contributed by atoms with Crippen molar-refractivity contribution < 1.29 is 58.8 Å². The number of aliphatic hydroxyl groups excluding tert-OH is 3. The minimum Gasteiger partial charge on any atom is -0.508 e. The predicted molar refractivity (Wildman–Crippen MR) is 309 cm³/mol. The smallest absolute Gasteiger partial charge is 0.253 e. The second kappa shape index (κ2) is 31.4. The zero-order valence-electron chi connectivity index (χ0n) is 45.1. The highest BCUT2D eigenvalue weighted by atomic mass is 33.1. The molecule has 10 atom stereocenters. The quantitative estimate of drug-likeness (QED) is 0.0193. The number of hydrazine groups is 1. The van der Waals surface area contributed by atoms with E-state index in [2.05, 4.69) is 57.9 Å². The van der Waals surface area contributed by atoms with Crippen molar-refractivity contribution in [2.75, 3.05) is 30.1 Å². The van der Waals surface area contributed by atoms with Gasteiger partial charge < -0.3 is 79.1 Å². The van der Waals surface area contributed by atoms with Gasteiger partial charge in [0.1, 0.15) is 53.9 Å². The maximum absolute atomic E-state index is 15.0. The Hall–Kier alpha value is -7.79. The van der Waals surface area contributed by atoms with Gasteiger partial charge in [0.2, 0.25) is 41.4 Å². The number of nitrogens with two attached hydrogens (primary N) is 2. The lowest BCUT2D eigenvalue weighted by atomic mass is 10.0. The number of fused-ring (bicyclic) bond motifs is 1. The second-order valence-electron chi connectivity index (χ2n) is 19.7. The molecule has 1 aliphatic heterocycles. The van der Waals surface area contributed by atoms with E-state index in [1.807, 2.05) is 18.2 Å². The number of para-hydroxylation sites is 1. The summed E-state index contributed by atoms with van der Waals surface area (Å²) in [6.07, 6.45) is 0.361. The van der Waals surface area contributed by atoms with Crippen LogP contribution in [0.3, 0.4) is 0 Å². The minimum absolute atomic E-state index is 0.0171. The molecule has 10 unspecified atom stereocenters. The molecule has 18 N–H and O–H groups in total. The first-order valence-corrected chi connectivity index (χ1v) is 29.0. The summed E-state index contributed by atoms with van der Waals surface area (Å²) in [4.78, 5) is 123. The fraction of sp³-hybridized carbons (Fsp3) is 0.400. The number of hydrogen-bond acceptors (Lipinski definition) is 18. The fourth-order valence-electron chi connectivity index (χ4n) is 8.69. The van der Waals surface area contributed by atoms with Crippen molar-refractivity contribution in [3.05, 3.63) is 126 Å². The van der Waals surface area contributed by atoms with Crippen molar-refractivity contribution in [2.45, 2.75) is 113 Å². The van der Waals surface area contributed by atoms with E-state index in [-0.39, 0.29) is 60.9 Å². The van der Waals surface area contributed by atoms with Crippen LogP contribution in [-0.2, 0) is 52.8 Å². The lowest BCUT2D eigenvalue weighted by molar-refractivity contribution is -0.136. The Bertz CT molecular complexity index is 2960. The van der Waals surface area contributed by atoms with Crippen molar-refractivity contribution in [2.24, 2.45) is 11.6 Å². The molecule has 1 fully saturated rings. The lowest BCUT2D eigenvalue weighted by Gasteiger charge is -2.29. The van der Waals surface area contributed by atoms with Gasteiger partial charge in [-0.25, -0.2) is 10.8 Å². The van der Waals surface area contributed by atoms with E-state index >= 15 is 0 Å². The summed E-state index contributed by atoms with van der Waals surface area (Å²) in [5.74, 6) is -1.90. The number of carbonyl (C=O) groups is 8. The summed E-state index contributed by atoms with van der Waals surface area (Å²) in [5.41, 5.74) is 10.7. The highest BCUT2D eigenvalue weighted by molar-refractivity contribution is 8.76. The van der Waals surface area contributed by atoms with Crippen molar-refractivity contribution in [3.8, 4) is 5.75 Å². The molecule has 8 amide bonds. The molecule has 3 aromatic carbocycles. The van der Waals surface area contributed by atoms with Crippen LogP contribution in [0, 0.1) is 0 Å².